The van der Waals surface area contributed by atoms with Crippen LogP contribution >= 0.6 is 0 Å². The quantitative estimate of drug-likeness (QED) is 0.157. The van der Waals surface area contributed by atoms with Gasteiger partial charge in [0.2, 0.25) is 11.8 Å². The molecule has 314 valence electrons. The van der Waals surface area contributed by atoms with Crippen LogP contribution in [0.15, 0.2) is 73.3 Å². The summed E-state index contributed by atoms with van der Waals surface area (Å²) in [6, 6.07) is 22.8. The second-order valence-electron chi connectivity index (χ2n) is 17.5. The van der Waals surface area contributed by atoms with Crippen LogP contribution in [-0.4, -0.2) is 102 Å². The number of anilines is 2. The molecule has 4 aromatic heterocycles. The summed E-state index contributed by atoms with van der Waals surface area (Å²) < 4.78 is 4.13. The minimum atomic E-state index is -0.0111. The van der Waals surface area contributed by atoms with Crippen LogP contribution in [0.5, 0.6) is 0 Å². The van der Waals surface area contributed by atoms with E-state index < -0.39 is 0 Å². The molecular formula is C48H50N12O2. The van der Waals surface area contributed by atoms with Gasteiger partial charge in [-0.2, -0.15) is 15.6 Å². The summed E-state index contributed by atoms with van der Waals surface area (Å²) >= 11 is 0. The number of nitriles is 2. The van der Waals surface area contributed by atoms with E-state index in [9.17, 15) is 20.1 Å². The third-order valence-corrected chi connectivity index (χ3v) is 13.9. The van der Waals surface area contributed by atoms with E-state index in [4.69, 9.17) is 10.1 Å². The van der Waals surface area contributed by atoms with Crippen LogP contribution in [0.1, 0.15) is 60.8 Å². The summed E-state index contributed by atoms with van der Waals surface area (Å²) in [6.45, 7) is 4.38. The molecule has 4 aliphatic heterocycles. The molecule has 4 aliphatic rings. The summed E-state index contributed by atoms with van der Waals surface area (Å²) in [5, 5.41) is 24.7. The van der Waals surface area contributed by atoms with E-state index in [1.807, 2.05) is 37.2 Å². The summed E-state index contributed by atoms with van der Waals surface area (Å²) in [4.78, 5) is 49.6. The number of carbonyl (C=O) groups is 2. The molecule has 0 unspecified atom stereocenters. The fraction of sp³-hybridized carbons (Fsp3) is 0.417. The van der Waals surface area contributed by atoms with Crippen LogP contribution in [0, 0.1) is 34.5 Å². The van der Waals surface area contributed by atoms with Crippen molar-refractivity contribution in [3.8, 4) is 23.4 Å². The van der Waals surface area contributed by atoms with Crippen LogP contribution in [-0.2, 0) is 36.5 Å². The summed E-state index contributed by atoms with van der Waals surface area (Å²) in [5.74, 6) is 2.27. The third-order valence-electron chi connectivity index (χ3n) is 13.9. The van der Waals surface area contributed by atoms with Gasteiger partial charge in [0.25, 0.3) is 0 Å². The number of aromatic nitrogens is 6. The third kappa shape index (κ3) is 7.07. The van der Waals surface area contributed by atoms with Gasteiger partial charge in [-0.05, 0) is 92.8 Å². The Kier molecular flexibility index (Phi) is 10.3. The molecule has 4 fully saturated rings. The first-order chi connectivity index (χ1) is 30.3. The first-order valence-electron chi connectivity index (χ1n) is 22.0. The molecule has 0 spiro atoms. The minimum absolute atomic E-state index is 0.0111. The molecule has 10 rings (SSSR count). The Bertz CT molecular complexity index is 2760. The lowest BCUT2D eigenvalue weighted by molar-refractivity contribution is -0.133. The topological polar surface area (TPSA) is 156 Å². The molecule has 2 amide bonds. The van der Waals surface area contributed by atoms with Crippen molar-refractivity contribution in [1.82, 2.24) is 39.1 Å². The lowest BCUT2D eigenvalue weighted by Gasteiger charge is -2.38. The lowest BCUT2D eigenvalue weighted by atomic mass is 9.92. The number of aryl methyl sites for hydroxylation is 4. The van der Waals surface area contributed by atoms with Crippen LogP contribution in [0.4, 0.5) is 11.6 Å². The standard InChI is InChI=1S/C48H50N12O2/c1-55-30-53-41-15-14-38(39(46(41)55)10-5-9-35-23-37-29-58(19-21-60(37)48(35)62)43-17-13-32(25-50)27-52-43)44-40-11-4-7-33(45(40)56(2)54-44)6-3-8-34-22-36-28-57(18-20-59(36)47(34)61)42-16-12-31(24-49)26-51-42/h4,7,11-17,26-27,30,34-37H,3,5-6,8-10,18-23,28-29H2,1-2H3/t34-,35-,36-,37-/m0/s1. The molecule has 4 atom stereocenters. The van der Waals surface area contributed by atoms with Gasteiger partial charge in [0.05, 0.1) is 46.1 Å². The van der Waals surface area contributed by atoms with Gasteiger partial charge < -0.3 is 24.2 Å². The maximum absolute atomic E-state index is 13.7. The van der Waals surface area contributed by atoms with E-state index in [1.54, 1.807) is 24.5 Å². The smallest absolute Gasteiger partial charge is 0.226 e. The molecule has 14 nitrogen and oxygen atoms in total. The van der Waals surface area contributed by atoms with Gasteiger partial charge in [0.15, 0.2) is 0 Å². The van der Waals surface area contributed by atoms with Crippen LogP contribution < -0.4 is 9.80 Å². The van der Waals surface area contributed by atoms with Crippen molar-refractivity contribution in [3.63, 3.8) is 0 Å². The van der Waals surface area contributed by atoms with Gasteiger partial charge in [-0.15, -0.1) is 0 Å². The highest BCUT2D eigenvalue weighted by atomic mass is 16.2. The maximum atomic E-state index is 13.7. The molecule has 14 heteroatoms. The maximum Gasteiger partial charge on any atom is 0.226 e. The van der Waals surface area contributed by atoms with Gasteiger partial charge in [0, 0.05) is 88.5 Å². The fourth-order valence-electron chi connectivity index (χ4n) is 10.9. The second kappa shape index (κ2) is 16.2. The zero-order valence-corrected chi connectivity index (χ0v) is 35.3. The fourth-order valence-corrected chi connectivity index (χ4v) is 10.9. The van der Waals surface area contributed by atoms with Crippen molar-refractivity contribution in [3.05, 3.63) is 95.6 Å². The van der Waals surface area contributed by atoms with E-state index in [0.29, 0.717) is 24.2 Å². The van der Waals surface area contributed by atoms with Crippen LogP contribution in [0.3, 0.4) is 0 Å². The van der Waals surface area contributed by atoms with Crippen molar-refractivity contribution in [1.29, 1.82) is 10.5 Å². The number of amides is 2. The molecule has 6 aromatic rings. The molecule has 0 N–H and O–H groups in total. The largest absolute Gasteiger partial charge is 0.353 e. The van der Waals surface area contributed by atoms with Gasteiger partial charge in [-0.3, -0.25) is 14.3 Å². The Morgan fingerprint density at radius 3 is 1.89 bits per heavy atom. The average molecular weight is 827 g/mol. The normalized spacial score (nSPS) is 21.2. The van der Waals surface area contributed by atoms with Gasteiger partial charge in [-0.1, -0.05) is 24.3 Å². The molecule has 0 radical (unpaired) electrons. The molecule has 62 heavy (non-hydrogen) atoms. The van der Waals surface area contributed by atoms with E-state index in [0.717, 1.165) is 122 Å². The number of hydrogen-bond donors (Lipinski definition) is 0. The molecule has 8 heterocycles. The number of pyridine rings is 2. The number of fused-ring (bicyclic) bond motifs is 4. The monoisotopic (exact) mass is 826 g/mol. The number of imidazole rings is 1. The molecule has 4 saturated heterocycles. The van der Waals surface area contributed by atoms with Crippen molar-refractivity contribution >= 4 is 45.4 Å². The number of piperazine rings is 2. The number of carbonyl (C=O) groups excluding carboxylic acids is 2. The Labute approximate surface area is 361 Å². The number of benzene rings is 2. The number of hydrogen-bond acceptors (Lipinski definition) is 10. The molecule has 0 aliphatic carbocycles. The summed E-state index contributed by atoms with van der Waals surface area (Å²) in [6.07, 6.45) is 11.9. The first kappa shape index (κ1) is 39.3. The van der Waals surface area contributed by atoms with E-state index >= 15 is 0 Å². The number of rotatable bonds is 11. The highest BCUT2D eigenvalue weighted by Gasteiger charge is 2.43. The SMILES string of the molecule is Cn1cnc2ccc(-c3nn(C)c4c(CCC[C@H]5C[C@H]6CN(c7ccc(C#N)cn7)CCN6C5=O)cccc34)c(CCC[C@H]3C[C@H]4CN(c5ccc(C#N)cn5)CCN4C3=O)c21. The Morgan fingerprint density at radius 1 is 0.694 bits per heavy atom. The highest BCUT2D eigenvalue weighted by Crippen LogP contribution is 2.38. The highest BCUT2D eigenvalue weighted by molar-refractivity contribution is 5.98. The molecule has 0 saturated carbocycles. The van der Waals surface area contributed by atoms with E-state index in [-0.39, 0.29) is 35.7 Å². The molecular weight excluding hydrogens is 777 g/mol. The number of nitrogens with zero attached hydrogens (tertiary/aromatic N) is 12. The second-order valence-corrected chi connectivity index (χ2v) is 17.5. The van der Waals surface area contributed by atoms with Crippen LogP contribution in [0.25, 0.3) is 33.2 Å². The van der Waals surface area contributed by atoms with Crippen LogP contribution in [0.2, 0.25) is 0 Å². The van der Waals surface area contributed by atoms with E-state index in [1.165, 1.54) is 11.1 Å². The van der Waals surface area contributed by atoms with Crippen molar-refractivity contribution in [2.75, 3.05) is 49.1 Å². The zero-order chi connectivity index (χ0) is 42.5. The molecule has 2 aromatic carbocycles. The van der Waals surface area contributed by atoms with Crippen molar-refractivity contribution in [2.24, 2.45) is 25.9 Å². The zero-order valence-electron chi connectivity index (χ0n) is 35.3. The Balaban J connectivity index is 0.817. The predicted molar refractivity (Wildman–Crippen MR) is 236 cm³/mol. The Hall–Kier alpha value is -6.80. The average Bonchev–Trinajstić information content (AvgIpc) is 4.04. The first-order valence-corrected chi connectivity index (χ1v) is 22.0. The van der Waals surface area contributed by atoms with Crippen molar-refractivity contribution < 1.29 is 9.59 Å². The van der Waals surface area contributed by atoms with Gasteiger partial charge >= 0.3 is 0 Å². The van der Waals surface area contributed by atoms with E-state index in [2.05, 4.69) is 76.6 Å². The summed E-state index contributed by atoms with van der Waals surface area (Å²) in [5.41, 5.74) is 8.77. The summed E-state index contributed by atoms with van der Waals surface area (Å²) in [7, 11) is 4.08. The lowest BCUT2D eigenvalue weighted by Crippen LogP contribution is -2.51. The molecule has 0 bridgehead atoms. The minimum Gasteiger partial charge on any atom is -0.353 e. The Morgan fingerprint density at radius 2 is 1.31 bits per heavy atom. The predicted octanol–water partition coefficient (Wildman–Crippen LogP) is 5.78. The van der Waals surface area contributed by atoms with Crippen molar-refractivity contribution in [2.45, 2.75) is 63.5 Å². The number of para-hydroxylation sites is 1. The van der Waals surface area contributed by atoms with Gasteiger partial charge in [-0.25, -0.2) is 15.0 Å². The van der Waals surface area contributed by atoms with Gasteiger partial charge in [0.1, 0.15) is 29.5 Å².